The number of alkyl halides is 3. The molecule has 2 saturated heterocycles. The van der Waals surface area contributed by atoms with E-state index in [2.05, 4.69) is 14.2 Å². The van der Waals surface area contributed by atoms with E-state index in [1.54, 1.807) is 24.3 Å². The number of carbonyl (C=O) groups is 4. The molecule has 1 aromatic carbocycles. The average molecular weight is 398 g/mol. The second-order valence-electron chi connectivity index (χ2n) is 6.92. The van der Waals surface area contributed by atoms with Crippen LogP contribution in [0.1, 0.15) is 29.4 Å². The highest BCUT2D eigenvalue weighted by Crippen LogP contribution is 2.54. The van der Waals surface area contributed by atoms with Crippen molar-refractivity contribution in [2.75, 3.05) is 6.61 Å². The largest absolute Gasteiger partial charge is 0.522 e. The van der Waals surface area contributed by atoms with Crippen LogP contribution < -0.4 is 0 Å². The van der Waals surface area contributed by atoms with Crippen LogP contribution in [0.25, 0.3) is 0 Å². The molecule has 2 heterocycles. The summed E-state index contributed by atoms with van der Waals surface area (Å²) in [6.45, 7) is -0.968. The first kappa shape index (κ1) is 18.6. The van der Waals surface area contributed by atoms with E-state index in [0.29, 0.717) is 11.1 Å². The number of hydrogen-bond donors (Lipinski definition) is 0. The van der Waals surface area contributed by atoms with Crippen LogP contribution in [0.2, 0.25) is 0 Å². The van der Waals surface area contributed by atoms with Crippen molar-refractivity contribution in [2.45, 2.75) is 24.6 Å². The second kappa shape index (κ2) is 6.40. The van der Waals surface area contributed by atoms with Gasteiger partial charge in [-0.3, -0.25) is 23.9 Å². The van der Waals surface area contributed by atoms with Crippen LogP contribution in [0, 0.1) is 17.8 Å². The maximum atomic E-state index is 12.7. The second-order valence-corrected chi connectivity index (χ2v) is 6.92. The average Bonchev–Trinajstić information content (AvgIpc) is 3.10. The molecule has 10 heteroatoms. The van der Waals surface area contributed by atoms with Gasteiger partial charge in [-0.25, -0.2) is 0 Å². The highest BCUT2D eigenvalue weighted by atomic mass is 19.4. The Kier molecular flexibility index (Phi) is 4.25. The molecular weight excluding hydrogens is 385 g/mol. The summed E-state index contributed by atoms with van der Waals surface area (Å²) in [6.07, 6.45) is -5.31. The van der Waals surface area contributed by atoms with Gasteiger partial charge in [0, 0.05) is 11.8 Å². The minimum Gasteiger partial charge on any atom is -0.393 e. The van der Waals surface area contributed by atoms with Crippen LogP contribution in [-0.4, -0.2) is 36.8 Å². The van der Waals surface area contributed by atoms with Gasteiger partial charge < -0.3 is 9.47 Å². The van der Waals surface area contributed by atoms with Crippen LogP contribution in [0.3, 0.4) is 0 Å². The van der Waals surface area contributed by atoms with Gasteiger partial charge in [0.1, 0.15) is 0 Å². The summed E-state index contributed by atoms with van der Waals surface area (Å²) in [4.78, 5) is 48.3. The van der Waals surface area contributed by atoms with Crippen molar-refractivity contribution in [3.63, 3.8) is 0 Å². The first-order valence-electron chi connectivity index (χ1n) is 8.47. The van der Waals surface area contributed by atoms with E-state index in [0.717, 1.165) is 0 Å². The lowest BCUT2D eigenvalue weighted by atomic mass is 9.61. The highest BCUT2D eigenvalue weighted by Gasteiger charge is 2.59. The number of benzene rings is 1. The Morgan fingerprint density at radius 3 is 2.21 bits per heavy atom. The molecule has 5 unspecified atom stereocenters. The third-order valence-electron chi connectivity index (χ3n) is 5.48. The summed E-state index contributed by atoms with van der Waals surface area (Å²) in [5.41, 5.74) is 0.798. The van der Waals surface area contributed by atoms with Crippen molar-refractivity contribution >= 4 is 23.9 Å². The minimum atomic E-state index is -4.98. The van der Waals surface area contributed by atoms with Gasteiger partial charge in [-0.15, -0.1) is 13.2 Å². The molecule has 1 aromatic rings. The van der Waals surface area contributed by atoms with E-state index < -0.39 is 66.4 Å². The lowest BCUT2D eigenvalue weighted by Crippen LogP contribution is -2.42. The molecule has 2 fully saturated rings. The third-order valence-corrected chi connectivity index (χ3v) is 5.48. The third kappa shape index (κ3) is 2.97. The lowest BCUT2D eigenvalue weighted by Gasteiger charge is -2.40. The summed E-state index contributed by atoms with van der Waals surface area (Å²) in [7, 11) is 0. The van der Waals surface area contributed by atoms with E-state index in [-0.39, 0.29) is 6.42 Å². The van der Waals surface area contributed by atoms with Crippen molar-refractivity contribution in [1.82, 2.24) is 0 Å². The Morgan fingerprint density at radius 1 is 0.929 bits per heavy atom. The van der Waals surface area contributed by atoms with Crippen molar-refractivity contribution < 1.29 is 46.6 Å². The van der Waals surface area contributed by atoms with E-state index in [4.69, 9.17) is 0 Å². The Morgan fingerprint density at radius 2 is 1.61 bits per heavy atom. The topological polar surface area (TPSA) is 96.0 Å². The highest BCUT2D eigenvalue weighted by molar-refractivity contribution is 6.01. The first-order valence-corrected chi connectivity index (χ1v) is 8.47. The molecule has 0 saturated carbocycles. The summed E-state index contributed by atoms with van der Waals surface area (Å²) in [5.74, 6) is -9.10. The molecule has 0 aromatic heterocycles. The molecule has 4 rings (SSSR count). The standard InChI is InChI=1S/C18H13F3O7/c19-18(20,21)26-6-10-12(9-5-11(22)27-15(9)23)7-3-1-2-4-8(7)13-14(10)17(25)28-16(13)24/h1-4,9-10,12-14H,5-6H2. The quantitative estimate of drug-likeness (QED) is 0.566. The van der Waals surface area contributed by atoms with Crippen LogP contribution >= 0.6 is 0 Å². The van der Waals surface area contributed by atoms with Gasteiger partial charge >= 0.3 is 30.2 Å². The fraction of sp³-hybridized carbons (Fsp3) is 0.444. The Hall–Kier alpha value is -2.75. The maximum absolute atomic E-state index is 12.7. The summed E-state index contributed by atoms with van der Waals surface area (Å²) < 4.78 is 51.4. The van der Waals surface area contributed by atoms with Crippen molar-refractivity contribution in [1.29, 1.82) is 0 Å². The summed E-state index contributed by atoms with van der Waals surface area (Å²) in [6, 6.07) is 6.32. The molecule has 1 aliphatic carbocycles. The Bertz CT molecular complexity index is 878. The molecular formula is C18H13F3O7. The lowest BCUT2D eigenvalue weighted by molar-refractivity contribution is -0.330. The summed E-state index contributed by atoms with van der Waals surface area (Å²) >= 11 is 0. The molecule has 5 atom stereocenters. The van der Waals surface area contributed by atoms with Gasteiger partial charge in [0.05, 0.1) is 30.8 Å². The zero-order valence-electron chi connectivity index (χ0n) is 14.1. The first-order chi connectivity index (χ1) is 13.2. The van der Waals surface area contributed by atoms with Crippen LogP contribution in [-0.2, 0) is 33.4 Å². The summed E-state index contributed by atoms with van der Waals surface area (Å²) in [5, 5.41) is 0. The fourth-order valence-corrected chi connectivity index (χ4v) is 4.49. The molecule has 148 valence electrons. The number of rotatable bonds is 3. The van der Waals surface area contributed by atoms with Gasteiger partial charge in [0.15, 0.2) is 0 Å². The van der Waals surface area contributed by atoms with E-state index in [9.17, 15) is 32.3 Å². The molecule has 0 radical (unpaired) electrons. The van der Waals surface area contributed by atoms with Crippen LogP contribution in [0.4, 0.5) is 13.2 Å². The SMILES string of the molecule is O=C1CC(C2c3ccccc3C3C(=O)OC(=O)C3C2COC(F)(F)F)C(=O)O1. The number of halogens is 3. The number of fused-ring (bicyclic) bond motifs is 3. The Balaban J connectivity index is 1.84. The smallest absolute Gasteiger partial charge is 0.393 e. The van der Waals surface area contributed by atoms with Gasteiger partial charge in [0.2, 0.25) is 0 Å². The normalized spacial score (nSPS) is 32.0. The molecule has 0 amide bonds. The maximum Gasteiger partial charge on any atom is 0.522 e. The number of esters is 4. The van der Waals surface area contributed by atoms with Crippen LogP contribution in [0.15, 0.2) is 24.3 Å². The zero-order chi connectivity index (χ0) is 20.2. The van der Waals surface area contributed by atoms with Crippen molar-refractivity contribution in [3.05, 3.63) is 35.4 Å². The number of cyclic esters (lactones) is 4. The van der Waals surface area contributed by atoms with E-state index in [1.807, 2.05) is 0 Å². The van der Waals surface area contributed by atoms with Gasteiger partial charge in [-0.05, 0) is 11.1 Å². The van der Waals surface area contributed by atoms with Crippen LogP contribution in [0.5, 0.6) is 0 Å². The molecule has 0 spiro atoms. The zero-order valence-corrected chi connectivity index (χ0v) is 14.1. The number of ether oxygens (including phenoxy) is 3. The molecule has 3 aliphatic rings. The molecule has 28 heavy (non-hydrogen) atoms. The number of hydrogen-bond acceptors (Lipinski definition) is 7. The van der Waals surface area contributed by atoms with Gasteiger partial charge in [-0.2, -0.15) is 0 Å². The molecule has 7 nitrogen and oxygen atoms in total. The van der Waals surface area contributed by atoms with Gasteiger partial charge in [0.25, 0.3) is 0 Å². The molecule has 0 N–H and O–H groups in total. The van der Waals surface area contributed by atoms with Crippen molar-refractivity contribution in [2.24, 2.45) is 17.8 Å². The van der Waals surface area contributed by atoms with E-state index in [1.165, 1.54) is 0 Å². The molecule has 2 aliphatic heterocycles. The Labute approximate surface area is 155 Å². The monoisotopic (exact) mass is 398 g/mol. The number of carbonyl (C=O) groups excluding carboxylic acids is 4. The predicted molar refractivity (Wildman–Crippen MR) is 81.2 cm³/mol. The van der Waals surface area contributed by atoms with E-state index >= 15 is 0 Å². The predicted octanol–water partition coefficient (Wildman–Crippen LogP) is 1.81. The van der Waals surface area contributed by atoms with Crippen molar-refractivity contribution in [3.8, 4) is 0 Å². The fourth-order valence-electron chi connectivity index (χ4n) is 4.49. The van der Waals surface area contributed by atoms with Gasteiger partial charge in [-0.1, -0.05) is 24.3 Å². The molecule has 0 bridgehead atoms. The minimum absolute atomic E-state index is 0.333.